The Labute approximate surface area is 87.0 Å². The van der Waals surface area contributed by atoms with E-state index in [4.69, 9.17) is 5.26 Å². The highest BCUT2D eigenvalue weighted by Gasteiger charge is 2.10. The SMILES string of the molecule is Cc1cc(C#N)cc(N(C)CC(F)F)n1. The first-order valence-corrected chi connectivity index (χ1v) is 4.41. The number of pyridine rings is 1. The fraction of sp³-hybridized carbons (Fsp3) is 0.400. The summed E-state index contributed by atoms with van der Waals surface area (Å²) in [7, 11) is 1.52. The van der Waals surface area contributed by atoms with E-state index in [1.165, 1.54) is 18.0 Å². The van der Waals surface area contributed by atoms with Crippen LogP contribution in [0.2, 0.25) is 0 Å². The Balaban J connectivity index is 2.94. The Morgan fingerprint density at radius 1 is 1.53 bits per heavy atom. The fourth-order valence-electron chi connectivity index (χ4n) is 1.21. The normalized spacial score (nSPS) is 10.1. The summed E-state index contributed by atoms with van der Waals surface area (Å²) in [4.78, 5) is 5.41. The molecule has 0 N–H and O–H groups in total. The van der Waals surface area contributed by atoms with Crippen LogP contribution in [0.15, 0.2) is 12.1 Å². The third-order valence-corrected chi connectivity index (χ3v) is 1.87. The summed E-state index contributed by atoms with van der Waals surface area (Å²) in [5.74, 6) is 0.395. The van der Waals surface area contributed by atoms with Crippen LogP contribution in [0.5, 0.6) is 0 Å². The van der Waals surface area contributed by atoms with Crippen molar-refractivity contribution in [3.63, 3.8) is 0 Å². The van der Waals surface area contributed by atoms with Crippen molar-refractivity contribution in [2.75, 3.05) is 18.5 Å². The highest BCUT2D eigenvalue weighted by molar-refractivity contribution is 5.46. The standard InChI is InChI=1S/C10H11F2N3/c1-7-3-8(5-13)4-10(14-7)15(2)6-9(11)12/h3-4,9H,6H2,1-2H3. The van der Waals surface area contributed by atoms with Gasteiger partial charge >= 0.3 is 0 Å². The van der Waals surface area contributed by atoms with E-state index in [-0.39, 0.29) is 6.54 Å². The average Bonchev–Trinajstić information content (AvgIpc) is 2.15. The first-order chi connectivity index (χ1) is 7.02. The number of halogens is 2. The first kappa shape index (κ1) is 11.4. The number of nitrogens with zero attached hydrogens (tertiary/aromatic N) is 3. The summed E-state index contributed by atoms with van der Waals surface area (Å²) in [6.07, 6.45) is -2.41. The van der Waals surface area contributed by atoms with Gasteiger partial charge in [-0.25, -0.2) is 13.8 Å². The van der Waals surface area contributed by atoms with Crippen molar-refractivity contribution in [1.82, 2.24) is 4.98 Å². The van der Waals surface area contributed by atoms with Gasteiger partial charge in [-0.05, 0) is 19.1 Å². The zero-order valence-corrected chi connectivity index (χ0v) is 8.54. The molecule has 0 radical (unpaired) electrons. The van der Waals surface area contributed by atoms with Crippen LogP contribution in [0.25, 0.3) is 0 Å². The van der Waals surface area contributed by atoms with Gasteiger partial charge in [-0.3, -0.25) is 0 Å². The number of nitriles is 1. The Morgan fingerprint density at radius 2 is 2.20 bits per heavy atom. The van der Waals surface area contributed by atoms with Gasteiger partial charge in [0.2, 0.25) is 0 Å². The molecule has 0 bridgehead atoms. The van der Waals surface area contributed by atoms with Crippen molar-refractivity contribution in [1.29, 1.82) is 5.26 Å². The van der Waals surface area contributed by atoms with E-state index >= 15 is 0 Å². The van der Waals surface area contributed by atoms with E-state index in [0.717, 1.165) is 0 Å². The van der Waals surface area contributed by atoms with E-state index in [2.05, 4.69) is 4.98 Å². The summed E-state index contributed by atoms with van der Waals surface area (Å²) in [6.45, 7) is 1.34. The molecule has 5 heteroatoms. The zero-order valence-electron chi connectivity index (χ0n) is 8.54. The van der Waals surface area contributed by atoms with Gasteiger partial charge in [0, 0.05) is 12.7 Å². The minimum Gasteiger partial charge on any atom is -0.354 e. The Hall–Kier alpha value is -1.70. The lowest BCUT2D eigenvalue weighted by atomic mass is 10.2. The van der Waals surface area contributed by atoms with Crippen LogP contribution in [0.4, 0.5) is 14.6 Å². The molecule has 0 aliphatic heterocycles. The van der Waals surface area contributed by atoms with Crippen molar-refractivity contribution in [3.8, 4) is 6.07 Å². The Morgan fingerprint density at radius 3 is 2.73 bits per heavy atom. The molecule has 0 spiro atoms. The van der Waals surface area contributed by atoms with Crippen LogP contribution in [-0.4, -0.2) is 25.0 Å². The van der Waals surface area contributed by atoms with Gasteiger partial charge in [-0.15, -0.1) is 0 Å². The van der Waals surface area contributed by atoms with E-state index in [1.54, 1.807) is 13.0 Å². The van der Waals surface area contributed by atoms with Crippen molar-refractivity contribution < 1.29 is 8.78 Å². The molecule has 0 fully saturated rings. The maximum atomic E-state index is 12.1. The van der Waals surface area contributed by atoms with Crippen molar-refractivity contribution in [2.24, 2.45) is 0 Å². The monoisotopic (exact) mass is 211 g/mol. The quantitative estimate of drug-likeness (QED) is 0.767. The highest BCUT2D eigenvalue weighted by atomic mass is 19.3. The smallest absolute Gasteiger partial charge is 0.255 e. The van der Waals surface area contributed by atoms with E-state index < -0.39 is 6.43 Å². The molecule has 0 aromatic carbocycles. The topological polar surface area (TPSA) is 39.9 Å². The van der Waals surface area contributed by atoms with Crippen LogP contribution in [0.3, 0.4) is 0 Å². The molecule has 1 aromatic rings. The van der Waals surface area contributed by atoms with E-state index in [0.29, 0.717) is 17.1 Å². The van der Waals surface area contributed by atoms with Crippen molar-refractivity contribution in [2.45, 2.75) is 13.3 Å². The molecule has 80 valence electrons. The molecule has 0 saturated heterocycles. The van der Waals surface area contributed by atoms with Crippen molar-refractivity contribution in [3.05, 3.63) is 23.4 Å². The molecule has 3 nitrogen and oxygen atoms in total. The van der Waals surface area contributed by atoms with Gasteiger partial charge in [0.05, 0.1) is 18.2 Å². The minimum absolute atomic E-state index is 0.388. The van der Waals surface area contributed by atoms with E-state index in [1.807, 2.05) is 6.07 Å². The van der Waals surface area contributed by atoms with Crippen LogP contribution in [0.1, 0.15) is 11.3 Å². The predicted molar refractivity (Wildman–Crippen MR) is 53.0 cm³/mol. The lowest BCUT2D eigenvalue weighted by molar-refractivity contribution is 0.156. The second kappa shape index (κ2) is 4.69. The second-order valence-corrected chi connectivity index (χ2v) is 3.24. The molecule has 1 aromatic heterocycles. The lowest BCUT2D eigenvalue weighted by Crippen LogP contribution is -2.25. The third kappa shape index (κ3) is 3.17. The second-order valence-electron chi connectivity index (χ2n) is 3.24. The summed E-state index contributed by atoms with van der Waals surface area (Å²) in [6, 6.07) is 5.07. The number of rotatable bonds is 3. The maximum absolute atomic E-state index is 12.1. The van der Waals surface area contributed by atoms with Gasteiger partial charge in [0.25, 0.3) is 6.43 Å². The number of anilines is 1. The molecule has 0 unspecified atom stereocenters. The summed E-state index contributed by atoms with van der Waals surface area (Å²) in [5, 5.41) is 8.71. The van der Waals surface area contributed by atoms with Gasteiger partial charge in [0.1, 0.15) is 5.82 Å². The molecule has 15 heavy (non-hydrogen) atoms. The minimum atomic E-state index is -2.41. The summed E-state index contributed by atoms with van der Waals surface area (Å²) >= 11 is 0. The summed E-state index contributed by atoms with van der Waals surface area (Å²) in [5.41, 5.74) is 1.07. The molecular weight excluding hydrogens is 200 g/mol. The van der Waals surface area contributed by atoms with Crippen LogP contribution >= 0.6 is 0 Å². The molecule has 0 atom stereocenters. The molecule has 0 amide bonds. The molecule has 0 aliphatic carbocycles. The fourth-order valence-corrected chi connectivity index (χ4v) is 1.21. The Bertz CT molecular complexity index is 385. The van der Waals surface area contributed by atoms with Crippen LogP contribution < -0.4 is 4.90 Å². The largest absolute Gasteiger partial charge is 0.354 e. The Kier molecular flexibility index (Phi) is 3.56. The molecule has 0 aliphatic rings. The number of aromatic nitrogens is 1. The van der Waals surface area contributed by atoms with Gasteiger partial charge in [-0.1, -0.05) is 0 Å². The molecule has 0 saturated carbocycles. The van der Waals surface area contributed by atoms with Gasteiger partial charge < -0.3 is 4.90 Å². The van der Waals surface area contributed by atoms with Crippen molar-refractivity contribution >= 4 is 5.82 Å². The molecular formula is C10H11F2N3. The highest BCUT2D eigenvalue weighted by Crippen LogP contribution is 2.14. The number of hydrogen-bond donors (Lipinski definition) is 0. The van der Waals surface area contributed by atoms with Gasteiger partial charge in [0.15, 0.2) is 0 Å². The maximum Gasteiger partial charge on any atom is 0.255 e. The number of hydrogen-bond acceptors (Lipinski definition) is 3. The lowest BCUT2D eigenvalue weighted by Gasteiger charge is -2.17. The average molecular weight is 211 g/mol. The third-order valence-electron chi connectivity index (χ3n) is 1.87. The first-order valence-electron chi connectivity index (χ1n) is 4.41. The number of aryl methyl sites for hydroxylation is 1. The molecule has 1 rings (SSSR count). The van der Waals surface area contributed by atoms with Crippen LogP contribution in [-0.2, 0) is 0 Å². The van der Waals surface area contributed by atoms with Crippen LogP contribution in [0, 0.1) is 18.3 Å². The van der Waals surface area contributed by atoms with E-state index in [9.17, 15) is 8.78 Å². The van der Waals surface area contributed by atoms with Gasteiger partial charge in [-0.2, -0.15) is 5.26 Å². The zero-order chi connectivity index (χ0) is 11.4. The molecule has 1 heterocycles. The number of alkyl halides is 2. The predicted octanol–water partition coefficient (Wildman–Crippen LogP) is 1.96. The summed E-state index contributed by atoms with van der Waals surface area (Å²) < 4.78 is 24.2.